The van der Waals surface area contributed by atoms with Gasteiger partial charge in [0, 0.05) is 5.92 Å². The highest BCUT2D eigenvalue weighted by Gasteiger charge is 2.29. The molecule has 164 valence electrons. The molecule has 3 aromatic carbocycles. The highest BCUT2D eigenvalue weighted by Crippen LogP contribution is 2.44. The van der Waals surface area contributed by atoms with Crippen LogP contribution in [0.5, 0.6) is 5.75 Å². The Kier molecular flexibility index (Phi) is 6.40. The Hall–Kier alpha value is -3.80. The predicted octanol–water partition coefficient (Wildman–Crippen LogP) is 4.62. The van der Waals surface area contributed by atoms with Crippen molar-refractivity contribution in [2.45, 2.75) is 24.8 Å². The first-order chi connectivity index (χ1) is 15.6. The number of aliphatic carboxylic acids is 1. The van der Waals surface area contributed by atoms with Gasteiger partial charge in [0.1, 0.15) is 18.4 Å². The summed E-state index contributed by atoms with van der Waals surface area (Å²) in [7, 11) is 1.59. The number of nitrogens with one attached hydrogen (secondary N) is 1. The van der Waals surface area contributed by atoms with E-state index in [0.717, 1.165) is 33.6 Å². The third kappa shape index (κ3) is 4.59. The van der Waals surface area contributed by atoms with Gasteiger partial charge >= 0.3 is 12.1 Å². The second-order valence-corrected chi connectivity index (χ2v) is 7.75. The molecule has 0 fully saturated rings. The van der Waals surface area contributed by atoms with Crippen molar-refractivity contribution in [3.8, 4) is 16.9 Å². The Bertz CT molecular complexity index is 1060. The first-order valence-corrected chi connectivity index (χ1v) is 10.5. The number of carbonyl (C=O) groups is 2. The van der Waals surface area contributed by atoms with Crippen LogP contribution in [0, 0.1) is 0 Å². The summed E-state index contributed by atoms with van der Waals surface area (Å²) in [5, 5.41) is 12.0. The van der Waals surface area contributed by atoms with Gasteiger partial charge < -0.3 is 19.9 Å². The summed E-state index contributed by atoms with van der Waals surface area (Å²) in [6.45, 7) is 0.144. The summed E-state index contributed by atoms with van der Waals surface area (Å²) < 4.78 is 10.6. The first-order valence-electron chi connectivity index (χ1n) is 10.5. The summed E-state index contributed by atoms with van der Waals surface area (Å²) in [6, 6.07) is 22.5. The number of amides is 1. The third-order valence-electron chi connectivity index (χ3n) is 5.81. The van der Waals surface area contributed by atoms with Gasteiger partial charge in [0.05, 0.1) is 7.11 Å². The normalized spacial score (nSPS) is 13.0. The Morgan fingerprint density at radius 3 is 2.09 bits per heavy atom. The number of methoxy groups -OCH3 is 1. The number of benzene rings is 3. The van der Waals surface area contributed by atoms with Crippen LogP contribution in [-0.2, 0) is 16.0 Å². The van der Waals surface area contributed by atoms with Crippen molar-refractivity contribution in [1.82, 2.24) is 5.32 Å². The second kappa shape index (κ2) is 9.56. The minimum atomic E-state index is -1.09. The summed E-state index contributed by atoms with van der Waals surface area (Å²) in [4.78, 5) is 24.1. The van der Waals surface area contributed by atoms with E-state index < -0.39 is 18.1 Å². The van der Waals surface area contributed by atoms with Crippen LogP contribution in [0.4, 0.5) is 4.79 Å². The summed E-state index contributed by atoms with van der Waals surface area (Å²) in [6.07, 6.45) is 0.0326. The molecule has 32 heavy (non-hydrogen) atoms. The van der Waals surface area contributed by atoms with Gasteiger partial charge in [-0.25, -0.2) is 9.59 Å². The van der Waals surface area contributed by atoms with Gasteiger partial charge in [-0.2, -0.15) is 0 Å². The van der Waals surface area contributed by atoms with Crippen molar-refractivity contribution in [2.24, 2.45) is 0 Å². The fourth-order valence-corrected chi connectivity index (χ4v) is 4.14. The number of hydrogen-bond donors (Lipinski definition) is 2. The monoisotopic (exact) mass is 431 g/mol. The molecule has 0 saturated carbocycles. The van der Waals surface area contributed by atoms with Crippen molar-refractivity contribution >= 4 is 12.1 Å². The lowest BCUT2D eigenvalue weighted by atomic mass is 9.98. The van der Waals surface area contributed by atoms with Crippen LogP contribution >= 0.6 is 0 Å². The Morgan fingerprint density at radius 1 is 0.938 bits per heavy atom. The zero-order valence-electron chi connectivity index (χ0n) is 17.8. The fourth-order valence-electron chi connectivity index (χ4n) is 4.14. The molecule has 0 spiro atoms. The molecule has 0 heterocycles. The van der Waals surface area contributed by atoms with Crippen LogP contribution in [0.2, 0.25) is 0 Å². The number of alkyl carbamates (subject to hydrolysis) is 1. The van der Waals surface area contributed by atoms with Gasteiger partial charge in [0.25, 0.3) is 0 Å². The predicted molar refractivity (Wildman–Crippen MR) is 121 cm³/mol. The number of ether oxygens (including phenoxy) is 2. The number of aryl methyl sites for hydroxylation is 1. The summed E-state index contributed by atoms with van der Waals surface area (Å²) in [5.41, 5.74) is 5.46. The lowest BCUT2D eigenvalue weighted by Crippen LogP contribution is -2.41. The largest absolute Gasteiger partial charge is 0.497 e. The van der Waals surface area contributed by atoms with E-state index in [1.807, 2.05) is 60.7 Å². The molecule has 6 nitrogen and oxygen atoms in total. The highest BCUT2D eigenvalue weighted by atomic mass is 16.5. The van der Waals surface area contributed by atoms with E-state index in [9.17, 15) is 14.7 Å². The molecular formula is C26H25NO5. The van der Waals surface area contributed by atoms with Crippen LogP contribution in [0.25, 0.3) is 11.1 Å². The molecule has 1 atom stereocenters. The smallest absolute Gasteiger partial charge is 0.407 e. The van der Waals surface area contributed by atoms with Crippen LogP contribution in [0.1, 0.15) is 29.0 Å². The molecule has 0 saturated heterocycles. The highest BCUT2D eigenvalue weighted by molar-refractivity contribution is 5.81. The van der Waals surface area contributed by atoms with Gasteiger partial charge in [-0.1, -0.05) is 60.7 Å². The maximum atomic E-state index is 12.4. The molecule has 0 unspecified atom stereocenters. The van der Waals surface area contributed by atoms with Crippen molar-refractivity contribution in [2.75, 3.05) is 13.7 Å². The Labute approximate surface area is 186 Å². The summed E-state index contributed by atoms with van der Waals surface area (Å²) >= 11 is 0. The lowest BCUT2D eigenvalue weighted by molar-refractivity contribution is -0.139. The van der Waals surface area contributed by atoms with E-state index in [1.165, 1.54) is 0 Å². The average Bonchev–Trinajstić information content (AvgIpc) is 3.14. The van der Waals surface area contributed by atoms with E-state index in [-0.39, 0.29) is 18.9 Å². The van der Waals surface area contributed by atoms with Gasteiger partial charge in [-0.3, -0.25) is 0 Å². The van der Waals surface area contributed by atoms with Gasteiger partial charge in [0.2, 0.25) is 0 Å². The molecule has 2 N–H and O–H groups in total. The SMILES string of the molecule is COc1ccc(CC[C@@H](NC(=O)OCC2c3ccccc3-c3ccccc32)C(=O)O)cc1. The second-order valence-electron chi connectivity index (χ2n) is 7.75. The number of hydrogen-bond acceptors (Lipinski definition) is 4. The molecule has 6 heteroatoms. The number of carboxylic acids is 1. The van der Waals surface area contributed by atoms with Crippen LogP contribution < -0.4 is 10.1 Å². The maximum absolute atomic E-state index is 12.4. The molecule has 0 radical (unpaired) electrons. The molecule has 1 aliphatic carbocycles. The minimum Gasteiger partial charge on any atom is -0.497 e. The third-order valence-corrected chi connectivity index (χ3v) is 5.81. The molecule has 0 aliphatic heterocycles. The number of carboxylic acid groups (broad SMARTS) is 1. The number of fused-ring (bicyclic) bond motifs is 3. The van der Waals surface area contributed by atoms with Crippen molar-refractivity contribution < 1.29 is 24.2 Å². The molecule has 4 rings (SSSR count). The average molecular weight is 431 g/mol. The van der Waals surface area contributed by atoms with Crippen LogP contribution in [-0.4, -0.2) is 36.9 Å². The molecular weight excluding hydrogens is 406 g/mol. The van der Waals surface area contributed by atoms with E-state index in [4.69, 9.17) is 9.47 Å². The van der Waals surface area contributed by atoms with E-state index in [1.54, 1.807) is 7.11 Å². The van der Waals surface area contributed by atoms with Crippen LogP contribution in [0.3, 0.4) is 0 Å². The maximum Gasteiger partial charge on any atom is 0.407 e. The number of rotatable bonds is 8. The topological polar surface area (TPSA) is 84.9 Å². The quantitative estimate of drug-likeness (QED) is 0.544. The Morgan fingerprint density at radius 2 is 1.53 bits per heavy atom. The molecule has 1 aliphatic rings. The zero-order chi connectivity index (χ0) is 22.5. The zero-order valence-corrected chi connectivity index (χ0v) is 17.8. The van der Waals surface area contributed by atoms with Crippen LogP contribution in [0.15, 0.2) is 72.8 Å². The summed E-state index contributed by atoms with van der Waals surface area (Å²) in [5.74, 6) is -0.428. The van der Waals surface area contributed by atoms with Crippen molar-refractivity contribution in [3.05, 3.63) is 89.5 Å². The minimum absolute atomic E-state index is 0.0734. The van der Waals surface area contributed by atoms with Gasteiger partial charge in [-0.15, -0.1) is 0 Å². The molecule has 3 aromatic rings. The first kappa shape index (κ1) is 21.4. The number of carbonyl (C=O) groups excluding carboxylic acids is 1. The fraction of sp³-hybridized carbons (Fsp3) is 0.231. The van der Waals surface area contributed by atoms with Gasteiger partial charge in [0.15, 0.2) is 0 Å². The van der Waals surface area contributed by atoms with E-state index in [0.29, 0.717) is 6.42 Å². The van der Waals surface area contributed by atoms with E-state index in [2.05, 4.69) is 17.4 Å². The Balaban J connectivity index is 1.36. The van der Waals surface area contributed by atoms with Gasteiger partial charge in [-0.05, 0) is 52.8 Å². The van der Waals surface area contributed by atoms with Crippen molar-refractivity contribution in [1.29, 1.82) is 0 Å². The lowest BCUT2D eigenvalue weighted by Gasteiger charge is -2.17. The molecule has 0 aromatic heterocycles. The van der Waals surface area contributed by atoms with Crippen molar-refractivity contribution in [3.63, 3.8) is 0 Å². The molecule has 0 bridgehead atoms. The van der Waals surface area contributed by atoms with E-state index >= 15 is 0 Å². The molecule has 1 amide bonds. The standard InChI is InChI=1S/C26H25NO5/c1-31-18-13-10-17(11-14-18)12-15-24(25(28)29)27-26(30)32-16-23-21-8-4-2-6-19(21)20-7-3-5-9-22(20)23/h2-11,13-14,23-24H,12,15-16H2,1H3,(H,27,30)(H,28,29)/t24-/m1/s1.